The molecule has 0 aliphatic heterocycles. The Hall–Kier alpha value is -2.30. The van der Waals surface area contributed by atoms with Crippen LogP contribution in [0.15, 0.2) is 66.2 Å². The van der Waals surface area contributed by atoms with Gasteiger partial charge < -0.3 is 5.11 Å². The van der Waals surface area contributed by atoms with Crippen molar-refractivity contribution in [2.75, 3.05) is 0 Å². The molecule has 0 saturated heterocycles. The first-order chi connectivity index (χ1) is 9.16. The van der Waals surface area contributed by atoms with Crippen molar-refractivity contribution < 1.29 is 5.11 Å². The van der Waals surface area contributed by atoms with Crippen molar-refractivity contribution in [2.24, 2.45) is 0 Å². The van der Waals surface area contributed by atoms with Crippen molar-refractivity contribution in [3.8, 4) is 12.3 Å². The average molecular weight is 248 g/mol. The lowest BCUT2D eigenvalue weighted by Crippen LogP contribution is -2.24. The Morgan fingerprint density at radius 3 is 2.11 bits per heavy atom. The van der Waals surface area contributed by atoms with Crippen molar-refractivity contribution in [2.45, 2.75) is 12.5 Å². The largest absolute Gasteiger partial charge is 0.370 e. The number of terminal acetylenes is 1. The summed E-state index contributed by atoms with van der Waals surface area (Å²) in [6.07, 6.45) is 7.46. The topological polar surface area (TPSA) is 20.2 Å². The Bertz CT molecular complexity index is 605. The van der Waals surface area contributed by atoms with Gasteiger partial charge in [0.15, 0.2) is 5.60 Å². The van der Waals surface area contributed by atoms with E-state index in [1.54, 1.807) is 0 Å². The molecule has 0 amide bonds. The van der Waals surface area contributed by atoms with Crippen molar-refractivity contribution in [3.63, 3.8) is 0 Å². The standard InChI is InChI=1S/C18H16O/c1-3-18(19,17-12-8-5-9-13-17)15(2)14-16-10-6-4-7-11-16/h1,4-14,19H,2H3/b15-14+. The van der Waals surface area contributed by atoms with E-state index >= 15 is 0 Å². The predicted octanol–water partition coefficient (Wildman–Crippen LogP) is 3.61. The summed E-state index contributed by atoms with van der Waals surface area (Å²) in [7, 11) is 0. The highest BCUT2D eigenvalue weighted by atomic mass is 16.3. The Labute approximate surface area is 114 Å². The second-order valence-electron chi connectivity index (χ2n) is 4.46. The fourth-order valence-electron chi connectivity index (χ4n) is 2.01. The molecule has 0 bridgehead atoms. The van der Waals surface area contributed by atoms with Crippen molar-refractivity contribution >= 4 is 6.08 Å². The van der Waals surface area contributed by atoms with Crippen LogP contribution in [0.4, 0.5) is 0 Å². The van der Waals surface area contributed by atoms with Gasteiger partial charge in [-0.3, -0.25) is 0 Å². The van der Waals surface area contributed by atoms with Crippen LogP contribution >= 0.6 is 0 Å². The molecule has 2 aromatic rings. The minimum absolute atomic E-state index is 0.710. The molecule has 1 unspecified atom stereocenters. The van der Waals surface area contributed by atoms with Gasteiger partial charge in [-0.05, 0) is 18.1 Å². The molecule has 1 atom stereocenters. The maximum Gasteiger partial charge on any atom is 0.172 e. The van der Waals surface area contributed by atoms with E-state index in [4.69, 9.17) is 6.42 Å². The van der Waals surface area contributed by atoms with E-state index in [-0.39, 0.29) is 0 Å². The Balaban J connectivity index is 2.43. The average Bonchev–Trinajstić information content (AvgIpc) is 2.48. The van der Waals surface area contributed by atoms with Gasteiger partial charge in [-0.1, -0.05) is 72.7 Å². The fraction of sp³-hybridized carbons (Fsp3) is 0.111. The Morgan fingerprint density at radius 2 is 1.58 bits per heavy atom. The van der Waals surface area contributed by atoms with Crippen molar-refractivity contribution in [1.82, 2.24) is 0 Å². The van der Waals surface area contributed by atoms with Crippen molar-refractivity contribution in [1.29, 1.82) is 0 Å². The van der Waals surface area contributed by atoms with Gasteiger partial charge in [0, 0.05) is 5.56 Å². The zero-order chi connectivity index (χ0) is 13.7. The minimum Gasteiger partial charge on any atom is -0.370 e. The lowest BCUT2D eigenvalue weighted by molar-refractivity contribution is 0.142. The molecule has 0 aliphatic carbocycles. The zero-order valence-corrected chi connectivity index (χ0v) is 10.9. The highest BCUT2D eigenvalue weighted by Gasteiger charge is 2.28. The highest BCUT2D eigenvalue weighted by Crippen LogP contribution is 2.29. The molecule has 0 heterocycles. The van der Waals surface area contributed by atoms with E-state index in [1.807, 2.05) is 73.7 Å². The SMILES string of the molecule is C#CC(O)(/C(C)=C/c1ccccc1)c1ccccc1. The van der Waals surface area contributed by atoms with Gasteiger partial charge in [0.05, 0.1) is 0 Å². The molecule has 1 N–H and O–H groups in total. The van der Waals surface area contributed by atoms with Crippen LogP contribution < -0.4 is 0 Å². The summed E-state index contributed by atoms with van der Waals surface area (Å²) in [5.74, 6) is 2.50. The first-order valence-corrected chi connectivity index (χ1v) is 6.16. The van der Waals surface area contributed by atoms with Crippen LogP contribution in [-0.2, 0) is 5.60 Å². The molecule has 1 heteroatoms. The van der Waals surface area contributed by atoms with Gasteiger partial charge in [0.2, 0.25) is 0 Å². The summed E-state index contributed by atoms with van der Waals surface area (Å²) < 4.78 is 0. The van der Waals surface area contributed by atoms with Crippen LogP contribution in [0.5, 0.6) is 0 Å². The maximum absolute atomic E-state index is 10.7. The summed E-state index contributed by atoms with van der Waals surface area (Å²) in [4.78, 5) is 0. The number of rotatable bonds is 3. The summed E-state index contributed by atoms with van der Waals surface area (Å²) in [5, 5.41) is 10.7. The smallest absolute Gasteiger partial charge is 0.172 e. The number of hydrogen-bond acceptors (Lipinski definition) is 1. The Kier molecular flexibility index (Phi) is 3.85. The van der Waals surface area contributed by atoms with E-state index in [0.29, 0.717) is 5.56 Å². The molecule has 0 saturated carbocycles. The molecular formula is C18H16O. The molecule has 2 rings (SSSR count). The molecule has 94 valence electrons. The third-order valence-corrected chi connectivity index (χ3v) is 3.15. The predicted molar refractivity (Wildman–Crippen MR) is 79.3 cm³/mol. The lowest BCUT2D eigenvalue weighted by Gasteiger charge is -2.24. The van der Waals surface area contributed by atoms with Gasteiger partial charge in [0.25, 0.3) is 0 Å². The molecule has 0 aliphatic rings. The molecule has 0 radical (unpaired) electrons. The van der Waals surface area contributed by atoms with Gasteiger partial charge in [-0.15, -0.1) is 6.42 Å². The monoisotopic (exact) mass is 248 g/mol. The number of hydrogen-bond donors (Lipinski definition) is 1. The zero-order valence-electron chi connectivity index (χ0n) is 10.9. The fourth-order valence-corrected chi connectivity index (χ4v) is 2.01. The summed E-state index contributed by atoms with van der Waals surface area (Å²) in [6, 6.07) is 19.1. The van der Waals surface area contributed by atoms with Crippen LogP contribution in [0.3, 0.4) is 0 Å². The molecule has 0 spiro atoms. The van der Waals surface area contributed by atoms with E-state index in [0.717, 1.165) is 11.1 Å². The third kappa shape index (κ3) is 2.76. The summed E-state index contributed by atoms with van der Waals surface area (Å²) >= 11 is 0. The van der Waals surface area contributed by atoms with Crippen LogP contribution in [0.1, 0.15) is 18.1 Å². The molecule has 0 aromatic heterocycles. The quantitative estimate of drug-likeness (QED) is 0.823. The third-order valence-electron chi connectivity index (χ3n) is 3.15. The first kappa shape index (κ1) is 13.1. The second-order valence-corrected chi connectivity index (χ2v) is 4.46. The van der Waals surface area contributed by atoms with E-state index < -0.39 is 5.60 Å². The summed E-state index contributed by atoms with van der Waals surface area (Å²) in [6.45, 7) is 1.85. The van der Waals surface area contributed by atoms with Crippen LogP contribution in [0, 0.1) is 12.3 Å². The maximum atomic E-state index is 10.7. The number of benzene rings is 2. The summed E-state index contributed by atoms with van der Waals surface area (Å²) in [5.41, 5.74) is 1.09. The van der Waals surface area contributed by atoms with Gasteiger partial charge in [-0.2, -0.15) is 0 Å². The Morgan fingerprint density at radius 1 is 1.05 bits per heavy atom. The lowest BCUT2D eigenvalue weighted by atomic mass is 9.86. The van der Waals surface area contributed by atoms with E-state index in [9.17, 15) is 5.11 Å². The van der Waals surface area contributed by atoms with Crippen LogP contribution in [0.25, 0.3) is 6.08 Å². The van der Waals surface area contributed by atoms with E-state index in [2.05, 4.69) is 5.92 Å². The molecule has 1 nitrogen and oxygen atoms in total. The number of aliphatic hydroxyl groups is 1. The van der Waals surface area contributed by atoms with Gasteiger partial charge in [0.1, 0.15) is 0 Å². The highest BCUT2D eigenvalue weighted by molar-refractivity contribution is 5.58. The van der Waals surface area contributed by atoms with E-state index in [1.165, 1.54) is 0 Å². The minimum atomic E-state index is -1.36. The normalized spacial score (nSPS) is 14.5. The molecule has 2 aromatic carbocycles. The second kappa shape index (κ2) is 5.56. The van der Waals surface area contributed by atoms with Gasteiger partial charge >= 0.3 is 0 Å². The van der Waals surface area contributed by atoms with Crippen LogP contribution in [-0.4, -0.2) is 5.11 Å². The van der Waals surface area contributed by atoms with Crippen LogP contribution in [0.2, 0.25) is 0 Å². The molecular weight excluding hydrogens is 232 g/mol. The molecule has 0 fully saturated rings. The molecule has 19 heavy (non-hydrogen) atoms. The van der Waals surface area contributed by atoms with Gasteiger partial charge in [-0.25, -0.2) is 0 Å². The van der Waals surface area contributed by atoms with Crippen molar-refractivity contribution in [3.05, 3.63) is 77.4 Å². The first-order valence-electron chi connectivity index (χ1n) is 6.16.